The zero-order valence-electron chi connectivity index (χ0n) is 14.8. The number of nitrogens with two attached hydrogens (primary N) is 1. The van der Waals surface area contributed by atoms with Crippen molar-refractivity contribution in [3.8, 4) is 0 Å². The van der Waals surface area contributed by atoms with Gasteiger partial charge in [0, 0.05) is 24.7 Å². The fourth-order valence-corrected chi connectivity index (χ4v) is 2.58. The molecule has 0 saturated carbocycles. The molecule has 1 aromatic carbocycles. The van der Waals surface area contributed by atoms with Crippen LogP contribution in [-0.2, 0) is 20.9 Å². The van der Waals surface area contributed by atoms with Crippen LogP contribution in [0.4, 0.5) is 5.69 Å². The quantitative estimate of drug-likeness (QED) is 0.687. The highest BCUT2D eigenvalue weighted by molar-refractivity contribution is 5.92. The van der Waals surface area contributed by atoms with Crippen molar-refractivity contribution in [2.45, 2.75) is 51.9 Å². The lowest BCUT2D eigenvalue weighted by molar-refractivity contribution is -0.132. The van der Waals surface area contributed by atoms with E-state index in [1.165, 1.54) is 0 Å². The van der Waals surface area contributed by atoms with Gasteiger partial charge in [-0.2, -0.15) is 0 Å². The maximum atomic E-state index is 12.1. The Kier molecular flexibility index (Phi) is 8.89. The third kappa shape index (κ3) is 6.30. The van der Waals surface area contributed by atoms with E-state index < -0.39 is 6.10 Å². The molecule has 0 bridgehead atoms. The number of carbonyl (C=O) groups is 2. The monoisotopic (exact) mass is 369 g/mol. The summed E-state index contributed by atoms with van der Waals surface area (Å²) >= 11 is 0. The second-order valence-corrected chi connectivity index (χ2v) is 6.28. The van der Waals surface area contributed by atoms with Crippen molar-refractivity contribution in [2.24, 2.45) is 11.7 Å². The van der Waals surface area contributed by atoms with Crippen LogP contribution in [0.5, 0.6) is 0 Å². The molecule has 4 N–H and O–H groups in total. The molecule has 1 unspecified atom stereocenters. The van der Waals surface area contributed by atoms with Crippen LogP contribution in [0.2, 0.25) is 0 Å². The third-order valence-corrected chi connectivity index (χ3v) is 4.38. The summed E-state index contributed by atoms with van der Waals surface area (Å²) in [6.07, 6.45) is 1.91. The minimum absolute atomic E-state index is 0. The standard InChI is InChI=1S/C18H27N3O3.ClH/c1-3-12(2)17(22)21-14-6-4-5-13(9-14)11-20-18(23)16-8-7-15(10-19)24-16;/h4-6,9,12,15-16H,3,7-8,10-11,19H2,1-2H3,(H,20,23)(H,21,22);1H/t12?,15-,16+;/m1./s1. The number of halogens is 1. The van der Waals surface area contributed by atoms with Gasteiger partial charge in [-0.15, -0.1) is 12.4 Å². The van der Waals surface area contributed by atoms with Crippen molar-refractivity contribution in [3.05, 3.63) is 29.8 Å². The molecule has 0 aromatic heterocycles. The lowest BCUT2D eigenvalue weighted by atomic mass is 10.1. The van der Waals surface area contributed by atoms with Crippen molar-refractivity contribution >= 4 is 29.9 Å². The topological polar surface area (TPSA) is 93.5 Å². The Bertz CT molecular complexity index is 582. The predicted molar refractivity (Wildman–Crippen MR) is 101 cm³/mol. The van der Waals surface area contributed by atoms with Gasteiger partial charge in [0.15, 0.2) is 0 Å². The van der Waals surface area contributed by atoms with Crippen molar-refractivity contribution < 1.29 is 14.3 Å². The second kappa shape index (κ2) is 10.4. The van der Waals surface area contributed by atoms with E-state index in [1.54, 1.807) is 0 Å². The van der Waals surface area contributed by atoms with E-state index in [1.807, 2.05) is 38.1 Å². The molecule has 2 rings (SSSR count). The van der Waals surface area contributed by atoms with E-state index in [0.717, 1.165) is 24.1 Å². The molecule has 1 aliphatic rings. The van der Waals surface area contributed by atoms with Crippen LogP contribution >= 0.6 is 12.4 Å². The van der Waals surface area contributed by atoms with Crippen molar-refractivity contribution in [1.29, 1.82) is 0 Å². The largest absolute Gasteiger partial charge is 0.364 e. The number of anilines is 1. The van der Waals surface area contributed by atoms with E-state index in [0.29, 0.717) is 19.5 Å². The summed E-state index contributed by atoms with van der Waals surface area (Å²) in [6, 6.07) is 7.50. The van der Waals surface area contributed by atoms with Crippen molar-refractivity contribution in [3.63, 3.8) is 0 Å². The summed E-state index contributed by atoms with van der Waals surface area (Å²) in [6.45, 7) is 4.73. The van der Waals surface area contributed by atoms with E-state index in [9.17, 15) is 9.59 Å². The van der Waals surface area contributed by atoms with Crippen LogP contribution in [0.1, 0.15) is 38.7 Å². The van der Waals surface area contributed by atoms with Gasteiger partial charge in [-0.05, 0) is 37.0 Å². The average molecular weight is 370 g/mol. The Hall–Kier alpha value is -1.63. The lowest BCUT2D eigenvalue weighted by Crippen LogP contribution is -2.35. The number of hydrogen-bond acceptors (Lipinski definition) is 4. The second-order valence-electron chi connectivity index (χ2n) is 6.28. The Labute approximate surface area is 155 Å². The van der Waals surface area contributed by atoms with E-state index in [4.69, 9.17) is 10.5 Å². The van der Waals surface area contributed by atoms with Gasteiger partial charge in [-0.25, -0.2) is 0 Å². The van der Waals surface area contributed by atoms with Gasteiger partial charge in [0.2, 0.25) is 11.8 Å². The summed E-state index contributed by atoms with van der Waals surface area (Å²) < 4.78 is 5.58. The van der Waals surface area contributed by atoms with Crippen LogP contribution in [-0.4, -0.2) is 30.6 Å². The van der Waals surface area contributed by atoms with Gasteiger partial charge in [0.05, 0.1) is 6.10 Å². The number of hydrogen-bond donors (Lipinski definition) is 3. The normalized spacial score (nSPS) is 20.4. The number of carbonyl (C=O) groups excluding carboxylic acids is 2. The molecule has 1 aromatic rings. The Morgan fingerprint density at radius 2 is 2.12 bits per heavy atom. The first kappa shape index (κ1) is 21.4. The summed E-state index contributed by atoms with van der Waals surface area (Å²) in [5.74, 6) is -0.130. The number of benzene rings is 1. The zero-order chi connectivity index (χ0) is 17.5. The highest BCUT2D eigenvalue weighted by atomic mass is 35.5. The lowest BCUT2D eigenvalue weighted by Gasteiger charge is -2.14. The zero-order valence-corrected chi connectivity index (χ0v) is 15.6. The summed E-state index contributed by atoms with van der Waals surface area (Å²) in [5.41, 5.74) is 7.23. The maximum absolute atomic E-state index is 12.1. The fourth-order valence-electron chi connectivity index (χ4n) is 2.58. The molecule has 140 valence electrons. The van der Waals surface area contributed by atoms with Crippen LogP contribution in [0.3, 0.4) is 0 Å². The van der Waals surface area contributed by atoms with Gasteiger partial charge in [0.25, 0.3) is 0 Å². The van der Waals surface area contributed by atoms with Crippen LogP contribution in [0, 0.1) is 5.92 Å². The summed E-state index contributed by atoms with van der Waals surface area (Å²) in [4.78, 5) is 24.1. The van der Waals surface area contributed by atoms with Crippen LogP contribution in [0.15, 0.2) is 24.3 Å². The Balaban J connectivity index is 0.00000312. The molecule has 0 spiro atoms. The Morgan fingerprint density at radius 3 is 2.76 bits per heavy atom. The highest BCUT2D eigenvalue weighted by Gasteiger charge is 2.29. The Morgan fingerprint density at radius 1 is 1.36 bits per heavy atom. The molecular weight excluding hydrogens is 342 g/mol. The number of amides is 2. The molecule has 2 amide bonds. The van der Waals surface area contributed by atoms with Crippen LogP contribution < -0.4 is 16.4 Å². The van der Waals surface area contributed by atoms with E-state index in [-0.39, 0.29) is 36.2 Å². The predicted octanol–water partition coefficient (Wildman–Crippen LogP) is 2.22. The van der Waals surface area contributed by atoms with Crippen molar-refractivity contribution in [2.75, 3.05) is 11.9 Å². The molecule has 1 saturated heterocycles. The molecule has 25 heavy (non-hydrogen) atoms. The van der Waals surface area contributed by atoms with E-state index >= 15 is 0 Å². The van der Waals surface area contributed by atoms with Gasteiger partial charge in [-0.1, -0.05) is 26.0 Å². The maximum Gasteiger partial charge on any atom is 0.249 e. The fraction of sp³-hybridized carbons (Fsp3) is 0.556. The first-order valence-corrected chi connectivity index (χ1v) is 8.56. The highest BCUT2D eigenvalue weighted by Crippen LogP contribution is 2.19. The smallest absolute Gasteiger partial charge is 0.249 e. The molecule has 7 heteroatoms. The SMILES string of the molecule is CCC(C)C(=O)Nc1cccc(CNC(=O)[C@@H]2CC[C@H](CN)O2)c1.Cl. The third-order valence-electron chi connectivity index (χ3n) is 4.38. The molecule has 6 nitrogen and oxygen atoms in total. The molecule has 3 atom stereocenters. The molecular formula is C18H28ClN3O3. The first-order chi connectivity index (χ1) is 11.5. The minimum atomic E-state index is -0.410. The molecule has 0 radical (unpaired) electrons. The molecule has 1 aliphatic heterocycles. The molecule has 1 fully saturated rings. The van der Waals surface area contributed by atoms with Crippen LogP contribution in [0.25, 0.3) is 0 Å². The van der Waals surface area contributed by atoms with Gasteiger partial charge < -0.3 is 21.1 Å². The summed E-state index contributed by atoms with van der Waals surface area (Å²) in [7, 11) is 0. The first-order valence-electron chi connectivity index (χ1n) is 8.56. The number of nitrogens with one attached hydrogen (secondary N) is 2. The molecule has 1 heterocycles. The van der Waals surface area contributed by atoms with Gasteiger partial charge >= 0.3 is 0 Å². The average Bonchev–Trinajstić information content (AvgIpc) is 3.08. The molecule has 0 aliphatic carbocycles. The van der Waals surface area contributed by atoms with Crippen molar-refractivity contribution in [1.82, 2.24) is 5.32 Å². The minimum Gasteiger partial charge on any atom is -0.364 e. The van der Waals surface area contributed by atoms with Gasteiger partial charge in [-0.3, -0.25) is 9.59 Å². The van der Waals surface area contributed by atoms with Gasteiger partial charge in [0.1, 0.15) is 6.10 Å². The number of ether oxygens (including phenoxy) is 1. The van der Waals surface area contributed by atoms with E-state index in [2.05, 4.69) is 10.6 Å². The number of rotatable bonds is 7. The summed E-state index contributed by atoms with van der Waals surface area (Å²) in [5, 5.41) is 5.78.